The second kappa shape index (κ2) is 5.60. The van der Waals surface area contributed by atoms with Gasteiger partial charge in [-0.25, -0.2) is 0 Å². The van der Waals surface area contributed by atoms with Crippen molar-refractivity contribution in [3.8, 4) is 0 Å². The van der Waals surface area contributed by atoms with Crippen LogP contribution in [-0.4, -0.2) is 23.4 Å². The van der Waals surface area contributed by atoms with E-state index in [0.29, 0.717) is 12.5 Å². The van der Waals surface area contributed by atoms with Crippen LogP contribution in [0.5, 0.6) is 0 Å². The molecule has 3 rings (SSSR count). The van der Waals surface area contributed by atoms with Gasteiger partial charge < -0.3 is 9.15 Å². The molecule has 1 atom stereocenters. The molecule has 0 amide bonds. The smallest absolute Gasteiger partial charge is 0.222 e. The summed E-state index contributed by atoms with van der Waals surface area (Å²) in [5.74, 6) is 1.71. The second-order valence-electron chi connectivity index (χ2n) is 6.52. The summed E-state index contributed by atoms with van der Waals surface area (Å²) in [6.45, 7) is 8.01. The molecule has 21 heavy (non-hydrogen) atoms. The van der Waals surface area contributed by atoms with Crippen molar-refractivity contribution in [1.29, 1.82) is 0 Å². The van der Waals surface area contributed by atoms with Crippen LogP contribution in [0.4, 0.5) is 0 Å². The fraction of sp³-hybridized carbons (Fsp3) is 0.529. The topological polar surface area (TPSA) is 48.2 Å². The first kappa shape index (κ1) is 14.3. The van der Waals surface area contributed by atoms with E-state index in [1.165, 1.54) is 11.1 Å². The number of benzene rings is 1. The first-order chi connectivity index (χ1) is 10.0. The minimum Gasteiger partial charge on any atom is -0.425 e. The molecule has 112 valence electrons. The minimum atomic E-state index is -0.0241. The first-order valence-electron chi connectivity index (χ1n) is 7.52. The molecule has 2 heterocycles. The Morgan fingerprint density at radius 3 is 2.62 bits per heavy atom. The lowest BCUT2D eigenvalue weighted by Gasteiger charge is -2.23. The molecule has 1 unspecified atom stereocenters. The molecule has 1 aromatic heterocycles. The zero-order valence-corrected chi connectivity index (χ0v) is 12.9. The van der Waals surface area contributed by atoms with Crippen LogP contribution in [0, 0.1) is 6.92 Å². The molecule has 2 aromatic rings. The Labute approximate surface area is 125 Å². The van der Waals surface area contributed by atoms with Gasteiger partial charge in [0.2, 0.25) is 11.8 Å². The van der Waals surface area contributed by atoms with Gasteiger partial charge in [-0.05, 0) is 24.3 Å². The van der Waals surface area contributed by atoms with Gasteiger partial charge in [-0.15, -0.1) is 10.2 Å². The molecular weight excluding hydrogens is 264 g/mol. The van der Waals surface area contributed by atoms with E-state index in [4.69, 9.17) is 9.15 Å². The van der Waals surface area contributed by atoms with Crippen molar-refractivity contribution >= 4 is 0 Å². The Kier molecular flexibility index (Phi) is 3.81. The molecule has 0 bridgehead atoms. The quantitative estimate of drug-likeness (QED) is 0.864. The molecule has 0 saturated carbocycles. The fourth-order valence-electron chi connectivity index (χ4n) is 2.72. The van der Waals surface area contributed by atoms with E-state index in [1.54, 1.807) is 0 Å². The van der Waals surface area contributed by atoms with Crippen molar-refractivity contribution in [2.24, 2.45) is 0 Å². The van der Waals surface area contributed by atoms with Crippen molar-refractivity contribution in [3.63, 3.8) is 0 Å². The van der Waals surface area contributed by atoms with Gasteiger partial charge in [0.1, 0.15) is 0 Å². The maximum atomic E-state index is 5.85. The summed E-state index contributed by atoms with van der Waals surface area (Å²) < 4.78 is 11.2. The molecular formula is C17H22N2O2. The number of aromatic nitrogens is 2. The van der Waals surface area contributed by atoms with Gasteiger partial charge in [0, 0.05) is 13.0 Å². The lowest BCUT2D eigenvalue weighted by atomic mass is 9.81. The third kappa shape index (κ3) is 3.16. The van der Waals surface area contributed by atoms with E-state index < -0.39 is 0 Å². The maximum absolute atomic E-state index is 5.85. The monoisotopic (exact) mass is 286 g/mol. The summed E-state index contributed by atoms with van der Waals surface area (Å²) in [4.78, 5) is 0. The van der Waals surface area contributed by atoms with Crippen molar-refractivity contribution in [2.75, 3.05) is 13.2 Å². The maximum Gasteiger partial charge on any atom is 0.222 e. The van der Waals surface area contributed by atoms with E-state index in [2.05, 4.69) is 55.2 Å². The SMILES string of the molecule is Cc1ccc(C(C)(C)Cc2nnc(C3CCOC3)o2)cc1. The van der Waals surface area contributed by atoms with Gasteiger partial charge >= 0.3 is 0 Å². The Hall–Kier alpha value is -1.68. The number of ether oxygens (including phenoxy) is 1. The van der Waals surface area contributed by atoms with Crippen molar-refractivity contribution in [3.05, 3.63) is 47.2 Å². The number of rotatable bonds is 4. The summed E-state index contributed by atoms with van der Waals surface area (Å²) in [6, 6.07) is 8.65. The van der Waals surface area contributed by atoms with E-state index >= 15 is 0 Å². The van der Waals surface area contributed by atoms with Crippen LogP contribution in [0.15, 0.2) is 28.7 Å². The van der Waals surface area contributed by atoms with Crippen LogP contribution in [0.3, 0.4) is 0 Å². The second-order valence-corrected chi connectivity index (χ2v) is 6.52. The molecule has 0 radical (unpaired) electrons. The van der Waals surface area contributed by atoms with E-state index in [-0.39, 0.29) is 11.3 Å². The van der Waals surface area contributed by atoms with Crippen molar-refractivity contribution in [2.45, 2.75) is 44.9 Å². The summed E-state index contributed by atoms with van der Waals surface area (Å²) in [5.41, 5.74) is 2.54. The number of hydrogen-bond acceptors (Lipinski definition) is 4. The zero-order chi connectivity index (χ0) is 14.9. The molecule has 0 spiro atoms. The average Bonchev–Trinajstić information content (AvgIpc) is 3.09. The highest BCUT2D eigenvalue weighted by molar-refractivity contribution is 5.28. The Morgan fingerprint density at radius 2 is 1.95 bits per heavy atom. The molecule has 1 aliphatic rings. The molecule has 0 aliphatic carbocycles. The minimum absolute atomic E-state index is 0.0241. The molecule has 1 aromatic carbocycles. The normalized spacial score (nSPS) is 19.1. The zero-order valence-electron chi connectivity index (χ0n) is 12.9. The Bertz CT molecular complexity index is 596. The molecule has 1 fully saturated rings. The van der Waals surface area contributed by atoms with Crippen molar-refractivity contribution < 1.29 is 9.15 Å². The van der Waals surface area contributed by atoms with Crippen LogP contribution >= 0.6 is 0 Å². The highest BCUT2D eigenvalue weighted by Gasteiger charge is 2.27. The summed E-state index contributed by atoms with van der Waals surface area (Å²) in [6.07, 6.45) is 1.72. The third-order valence-corrected chi connectivity index (χ3v) is 4.19. The highest BCUT2D eigenvalue weighted by atomic mass is 16.5. The predicted molar refractivity (Wildman–Crippen MR) is 80.4 cm³/mol. The highest BCUT2D eigenvalue weighted by Crippen LogP contribution is 2.29. The third-order valence-electron chi connectivity index (χ3n) is 4.19. The van der Waals surface area contributed by atoms with E-state index in [9.17, 15) is 0 Å². The van der Waals surface area contributed by atoms with Gasteiger partial charge in [-0.3, -0.25) is 0 Å². The Morgan fingerprint density at radius 1 is 1.19 bits per heavy atom. The molecule has 4 nitrogen and oxygen atoms in total. The summed E-state index contributed by atoms with van der Waals surface area (Å²) in [7, 11) is 0. The summed E-state index contributed by atoms with van der Waals surface area (Å²) >= 11 is 0. The van der Waals surface area contributed by atoms with E-state index in [0.717, 1.165) is 25.3 Å². The standard InChI is InChI=1S/C17H22N2O2/c1-12-4-6-14(7-5-12)17(2,3)10-15-18-19-16(21-15)13-8-9-20-11-13/h4-7,13H,8-11H2,1-3H3. The van der Waals surface area contributed by atoms with Crippen LogP contribution in [0.25, 0.3) is 0 Å². The van der Waals surface area contributed by atoms with Gasteiger partial charge in [0.25, 0.3) is 0 Å². The lowest BCUT2D eigenvalue weighted by molar-refractivity contribution is 0.190. The Balaban J connectivity index is 1.74. The van der Waals surface area contributed by atoms with Crippen LogP contribution in [-0.2, 0) is 16.6 Å². The number of nitrogens with zero attached hydrogens (tertiary/aromatic N) is 2. The van der Waals surface area contributed by atoms with Gasteiger partial charge in [0.05, 0.1) is 12.5 Å². The van der Waals surface area contributed by atoms with E-state index in [1.807, 2.05) is 0 Å². The van der Waals surface area contributed by atoms with Gasteiger partial charge in [-0.1, -0.05) is 43.7 Å². The van der Waals surface area contributed by atoms with Crippen LogP contribution in [0.2, 0.25) is 0 Å². The first-order valence-corrected chi connectivity index (χ1v) is 7.52. The van der Waals surface area contributed by atoms with Crippen LogP contribution < -0.4 is 0 Å². The van der Waals surface area contributed by atoms with Crippen LogP contribution in [0.1, 0.15) is 49.1 Å². The predicted octanol–water partition coefficient (Wildman–Crippen LogP) is 3.40. The molecule has 1 aliphatic heterocycles. The van der Waals surface area contributed by atoms with Gasteiger partial charge in [-0.2, -0.15) is 0 Å². The summed E-state index contributed by atoms with van der Waals surface area (Å²) in [5, 5.41) is 8.41. The number of hydrogen-bond donors (Lipinski definition) is 0. The molecule has 1 saturated heterocycles. The number of aryl methyl sites for hydroxylation is 1. The average molecular weight is 286 g/mol. The molecule has 4 heteroatoms. The molecule has 0 N–H and O–H groups in total. The largest absolute Gasteiger partial charge is 0.425 e. The fourth-order valence-corrected chi connectivity index (χ4v) is 2.72. The van der Waals surface area contributed by atoms with Crippen molar-refractivity contribution in [1.82, 2.24) is 10.2 Å². The van der Waals surface area contributed by atoms with Gasteiger partial charge in [0.15, 0.2) is 0 Å². The lowest BCUT2D eigenvalue weighted by Crippen LogP contribution is -2.20.